The second kappa shape index (κ2) is 5.16. The Morgan fingerprint density at radius 1 is 1.30 bits per heavy atom. The summed E-state index contributed by atoms with van der Waals surface area (Å²) in [4.78, 5) is 4.47. The van der Waals surface area contributed by atoms with Crippen LogP contribution in [0, 0.1) is 5.82 Å². The number of hydrogen-bond donors (Lipinski definition) is 1. The summed E-state index contributed by atoms with van der Waals surface area (Å²) in [6.07, 6.45) is 1.82. The van der Waals surface area contributed by atoms with Gasteiger partial charge in [0.05, 0.1) is 23.0 Å². The Morgan fingerprint density at radius 3 is 2.80 bits per heavy atom. The van der Waals surface area contributed by atoms with Crippen molar-refractivity contribution in [2.24, 2.45) is 0 Å². The van der Waals surface area contributed by atoms with E-state index in [2.05, 4.69) is 20.9 Å². The van der Waals surface area contributed by atoms with Crippen molar-refractivity contribution in [1.29, 1.82) is 0 Å². The molecule has 0 aliphatic carbocycles. The average Bonchev–Trinajstić information content (AvgIpc) is 2.79. The molecule has 3 aromatic rings. The van der Waals surface area contributed by atoms with Gasteiger partial charge in [0, 0.05) is 16.2 Å². The number of aromatic nitrogens is 2. The molecule has 0 fully saturated rings. The van der Waals surface area contributed by atoms with Crippen LogP contribution in [0.1, 0.15) is 5.69 Å². The monoisotopic (exact) mass is 354 g/mol. The van der Waals surface area contributed by atoms with Crippen LogP contribution in [0.25, 0.3) is 16.9 Å². The molecule has 0 amide bonds. The molecule has 0 radical (unpaired) electrons. The topological polar surface area (TPSA) is 37.5 Å². The lowest BCUT2D eigenvalue weighted by Gasteiger charge is -2.03. The van der Waals surface area contributed by atoms with Gasteiger partial charge in [-0.25, -0.2) is 9.37 Å². The third-order valence-corrected chi connectivity index (χ3v) is 3.78. The van der Waals surface area contributed by atoms with Crippen LogP contribution in [-0.4, -0.2) is 14.5 Å². The lowest BCUT2D eigenvalue weighted by Crippen LogP contribution is -1.94. The zero-order valence-corrected chi connectivity index (χ0v) is 12.5. The number of rotatable bonds is 2. The van der Waals surface area contributed by atoms with Crippen LogP contribution in [-0.2, 0) is 6.61 Å². The van der Waals surface area contributed by atoms with Gasteiger partial charge < -0.3 is 5.11 Å². The molecule has 6 heteroatoms. The van der Waals surface area contributed by atoms with E-state index in [1.165, 1.54) is 12.1 Å². The highest BCUT2D eigenvalue weighted by Gasteiger charge is 2.14. The van der Waals surface area contributed by atoms with E-state index in [0.29, 0.717) is 22.6 Å². The van der Waals surface area contributed by atoms with Gasteiger partial charge in [0.2, 0.25) is 0 Å². The number of pyridine rings is 1. The van der Waals surface area contributed by atoms with Crippen molar-refractivity contribution in [3.8, 4) is 11.3 Å². The van der Waals surface area contributed by atoms with E-state index in [-0.39, 0.29) is 11.6 Å². The number of halogens is 3. The van der Waals surface area contributed by atoms with Crippen molar-refractivity contribution >= 4 is 33.2 Å². The first-order chi connectivity index (χ1) is 9.60. The Balaban J connectivity index is 2.27. The molecule has 20 heavy (non-hydrogen) atoms. The fourth-order valence-corrected chi connectivity index (χ4v) is 2.61. The molecule has 3 rings (SSSR count). The maximum atomic E-state index is 13.2. The quantitative estimate of drug-likeness (QED) is 0.753. The normalized spacial score (nSPS) is 11.2. The number of hydrogen-bond acceptors (Lipinski definition) is 2. The molecule has 0 unspecified atom stereocenters. The van der Waals surface area contributed by atoms with Crippen LogP contribution in [0.5, 0.6) is 0 Å². The predicted molar refractivity (Wildman–Crippen MR) is 79.2 cm³/mol. The molecule has 0 bridgehead atoms. The molecule has 1 N–H and O–H groups in total. The molecule has 2 heterocycles. The molecule has 0 saturated carbocycles. The highest BCUT2D eigenvalue weighted by Crippen LogP contribution is 2.28. The van der Waals surface area contributed by atoms with Gasteiger partial charge in [0.15, 0.2) is 0 Å². The molecular weight excluding hydrogens is 347 g/mol. The van der Waals surface area contributed by atoms with E-state index in [0.717, 1.165) is 4.47 Å². The van der Waals surface area contributed by atoms with E-state index < -0.39 is 5.82 Å². The molecule has 3 nitrogen and oxygen atoms in total. The Bertz CT molecular complexity index is 803. The van der Waals surface area contributed by atoms with Gasteiger partial charge in [-0.1, -0.05) is 11.6 Å². The van der Waals surface area contributed by atoms with Crippen molar-refractivity contribution < 1.29 is 9.50 Å². The standard InChI is InChI=1S/C14H9BrClFN2O/c15-9-2-4-13-18-14(12(7-20)19(13)6-9)8-1-3-11(17)10(16)5-8/h1-6,20H,7H2. The number of aliphatic hydroxyl groups excluding tert-OH is 1. The molecule has 0 aliphatic rings. The zero-order valence-electron chi connectivity index (χ0n) is 10.1. The van der Waals surface area contributed by atoms with Gasteiger partial charge >= 0.3 is 0 Å². The Hall–Kier alpha value is -1.43. The number of benzene rings is 1. The lowest BCUT2D eigenvalue weighted by atomic mass is 10.1. The summed E-state index contributed by atoms with van der Waals surface area (Å²) < 4.78 is 15.9. The van der Waals surface area contributed by atoms with Gasteiger partial charge in [-0.2, -0.15) is 0 Å². The molecule has 0 spiro atoms. The van der Waals surface area contributed by atoms with Crippen LogP contribution in [0.2, 0.25) is 5.02 Å². The highest BCUT2D eigenvalue weighted by atomic mass is 79.9. The first-order valence-corrected chi connectivity index (χ1v) is 7.00. The first kappa shape index (κ1) is 13.5. The third kappa shape index (κ3) is 2.22. The molecular formula is C14H9BrClFN2O. The lowest BCUT2D eigenvalue weighted by molar-refractivity contribution is 0.276. The maximum Gasteiger partial charge on any atom is 0.141 e. The fraction of sp³-hybridized carbons (Fsp3) is 0.0714. The van der Waals surface area contributed by atoms with Gasteiger partial charge in [-0.05, 0) is 46.3 Å². The number of imidazole rings is 1. The zero-order chi connectivity index (χ0) is 14.3. The van der Waals surface area contributed by atoms with Crippen molar-refractivity contribution in [3.05, 3.63) is 57.5 Å². The summed E-state index contributed by atoms with van der Waals surface area (Å²) >= 11 is 9.19. The largest absolute Gasteiger partial charge is 0.390 e. The van der Waals surface area contributed by atoms with Gasteiger partial charge in [-0.3, -0.25) is 4.40 Å². The SMILES string of the molecule is OCc1c(-c2ccc(F)c(Cl)c2)nc2ccc(Br)cn12. The Morgan fingerprint density at radius 2 is 2.10 bits per heavy atom. The van der Waals surface area contributed by atoms with Crippen molar-refractivity contribution in [3.63, 3.8) is 0 Å². The first-order valence-electron chi connectivity index (χ1n) is 5.83. The van der Waals surface area contributed by atoms with E-state index in [1.807, 2.05) is 18.3 Å². The van der Waals surface area contributed by atoms with Gasteiger partial charge in [0.25, 0.3) is 0 Å². The minimum atomic E-state index is -0.479. The summed E-state index contributed by atoms with van der Waals surface area (Å²) in [6, 6.07) is 8.09. The van der Waals surface area contributed by atoms with E-state index in [9.17, 15) is 9.50 Å². The summed E-state index contributed by atoms with van der Waals surface area (Å²) in [5, 5.41) is 9.63. The highest BCUT2D eigenvalue weighted by molar-refractivity contribution is 9.10. The van der Waals surface area contributed by atoms with E-state index >= 15 is 0 Å². The van der Waals surface area contributed by atoms with Crippen LogP contribution < -0.4 is 0 Å². The third-order valence-electron chi connectivity index (χ3n) is 3.02. The molecule has 0 atom stereocenters. The van der Waals surface area contributed by atoms with Crippen molar-refractivity contribution in [2.45, 2.75) is 6.61 Å². The van der Waals surface area contributed by atoms with Crippen LogP contribution >= 0.6 is 27.5 Å². The van der Waals surface area contributed by atoms with E-state index in [4.69, 9.17) is 11.6 Å². The molecule has 0 saturated heterocycles. The van der Waals surface area contributed by atoms with Gasteiger partial charge in [-0.15, -0.1) is 0 Å². The number of aliphatic hydroxyl groups is 1. The summed E-state index contributed by atoms with van der Waals surface area (Å²) in [5.74, 6) is -0.479. The molecule has 0 aliphatic heterocycles. The Kier molecular flexibility index (Phi) is 3.50. The second-order valence-electron chi connectivity index (χ2n) is 4.27. The second-order valence-corrected chi connectivity index (χ2v) is 5.59. The van der Waals surface area contributed by atoms with Crippen molar-refractivity contribution in [2.75, 3.05) is 0 Å². The molecule has 2 aromatic heterocycles. The smallest absolute Gasteiger partial charge is 0.141 e. The average molecular weight is 356 g/mol. The fourth-order valence-electron chi connectivity index (χ4n) is 2.09. The van der Waals surface area contributed by atoms with Crippen LogP contribution in [0.4, 0.5) is 4.39 Å². The van der Waals surface area contributed by atoms with E-state index in [1.54, 1.807) is 10.5 Å². The summed E-state index contributed by atoms with van der Waals surface area (Å²) in [7, 11) is 0. The van der Waals surface area contributed by atoms with Crippen LogP contribution in [0.3, 0.4) is 0 Å². The van der Waals surface area contributed by atoms with Gasteiger partial charge in [0.1, 0.15) is 11.5 Å². The predicted octanol–water partition coefficient (Wildman–Crippen LogP) is 4.05. The van der Waals surface area contributed by atoms with Crippen molar-refractivity contribution in [1.82, 2.24) is 9.38 Å². The minimum Gasteiger partial charge on any atom is -0.390 e. The number of fused-ring (bicyclic) bond motifs is 1. The summed E-state index contributed by atoms with van der Waals surface area (Å²) in [6.45, 7) is -0.179. The Labute approximate surface area is 127 Å². The molecule has 102 valence electrons. The maximum absolute atomic E-state index is 13.2. The minimum absolute atomic E-state index is 0.0321. The van der Waals surface area contributed by atoms with Crippen LogP contribution in [0.15, 0.2) is 41.0 Å². The summed E-state index contributed by atoms with van der Waals surface area (Å²) in [5.41, 5.74) is 2.59. The molecule has 1 aromatic carbocycles. The number of nitrogens with zero attached hydrogens (tertiary/aromatic N) is 2.